The van der Waals surface area contributed by atoms with Gasteiger partial charge in [0, 0.05) is 11.8 Å². The molecule has 0 bridgehead atoms. The molecule has 88 valence electrons. The van der Waals surface area contributed by atoms with Gasteiger partial charge in [-0.2, -0.15) is 0 Å². The van der Waals surface area contributed by atoms with Gasteiger partial charge < -0.3 is 10.5 Å². The average molecular weight is 231 g/mol. The summed E-state index contributed by atoms with van der Waals surface area (Å²) in [6.45, 7) is 1.92. The summed E-state index contributed by atoms with van der Waals surface area (Å²) in [7, 11) is 1.52. The van der Waals surface area contributed by atoms with Gasteiger partial charge in [-0.25, -0.2) is 4.39 Å². The number of hydrogen-bond donors (Lipinski definition) is 1. The molecular formula is C14H14FNO. The van der Waals surface area contributed by atoms with Crippen LogP contribution in [0.25, 0.3) is 11.1 Å². The third-order valence-electron chi connectivity index (χ3n) is 2.79. The van der Waals surface area contributed by atoms with Gasteiger partial charge in [0.1, 0.15) is 11.6 Å². The topological polar surface area (TPSA) is 35.2 Å². The second-order valence-corrected chi connectivity index (χ2v) is 3.90. The number of halogens is 1. The fourth-order valence-electron chi connectivity index (χ4n) is 1.80. The molecule has 0 aliphatic heterocycles. The smallest absolute Gasteiger partial charge is 0.127 e. The van der Waals surface area contributed by atoms with E-state index in [-0.39, 0.29) is 5.82 Å². The van der Waals surface area contributed by atoms with Crippen LogP contribution < -0.4 is 10.5 Å². The minimum atomic E-state index is -0.318. The van der Waals surface area contributed by atoms with Crippen molar-refractivity contribution in [3.8, 4) is 16.9 Å². The Kier molecular flexibility index (Phi) is 3.00. The zero-order chi connectivity index (χ0) is 12.4. The number of ether oxygens (including phenoxy) is 1. The van der Waals surface area contributed by atoms with Crippen LogP contribution in [-0.2, 0) is 0 Å². The highest BCUT2D eigenvalue weighted by atomic mass is 19.1. The average Bonchev–Trinajstić information content (AvgIpc) is 2.31. The van der Waals surface area contributed by atoms with Gasteiger partial charge in [-0.15, -0.1) is 0 Å². The zero-order valence-corrected chi connectivity index (χ0v) is 9.83. The molecule has 0 radical (unpaired) electrons. The number of benzene rings is 2. The Bertz CT molecular complexity index is 552. The first-order valence-electron chi connectivity index (χ1n) is 5.32. The monoisotopic (exact) mass is 231 g/mol. The van der Waals surface area contributed by atoms with Crippen molar-refractivity contribution < 1.29 is 9.13 Å². The molecule has 0 fully saturated rings. The summed E-state index contributed by atoms with van der Waals surface area (Å²) in [5.74, 6) is 0.183. The van der Waals surface area contributed by atoms with Gasteiger partial charge >= 0.3 is 0 Å². The van der Waals surface area contributed by atoms with Crippen LogP contribution in [0, 0.1) is 12.7 Å². The summed E-state index contributed by atoms with van der Waals surface area (Å²) in [5.41, 5.74) is 9.18. The van der Waals surface area contributed by atoms with Gasteiger partial charge in [0.05, 0.1) is 7.11 Å². The van der Waals surface area contributed by atoms with Gasteiger partial charge in [-0.3, -0.25) is 0 Å². The molecular weight excluding hydrogens is 217 g/mol. The lowest BCUT2D eigenvalue weighted by atomic mass is 9.99. The quantitative estimate of drug-likeness (QED) is 0.804. The van der Waals surface area contributed by atoms with E-state index in [0.29, 0.717) is 11.4 Å². The first-order chi connectivity index (χ1) is 8.11. The predicted molar refractivity (Wildman–Crippen MR) is 67.5 cm³/mol. The highest BCUT2D eigenvalue weighted by Crippen LogP contribution is 2.30. The SMILES string of the molecule is COc1cc(F)cc(-c2cccc(N)c2C)c1. The van der Waals surface area contributed by atoms with Crippen molar-refractivity contribution in [2.45, 2.75) is 6.92 Å². The van der Waals surface area contributed by atoms with E-state index in [4.69, 9.17) is 10.5 Å². The van der Waals surface area contributed by atoms with Crippen molar-refractivity contribution >= 4 is 5.69 Å². The van der Waals surface area contributed by atoms with Crippen molar-refractivity contribution in [1.82, 2.24) is 0 Å². The second-order valence-electron chi connectivity index (χ2n) is 3.90. The van der Waals surface area contributed by atoms with Crippen LogP contribution in [0.1, 0.15) is 5.56 Å². The van der Waals surface area contributed by atoms with Gasteiger partial charge in [-0.1, -0.05) is 12.1 Å². The Hall–Kier alpha value is -2.03. The third-order valence-corrected chi connectivity index (χ3v) is 2.79. The summed E-state index contributed by atoms with van der Waals surface area (Å²) in [5, 5.41) is 0. The van der Waals surface area contributed by atoms with Crippen molar-refractivity contribution in [1.29, 1.82) is 0 Å². The van der Waals surface area contributed by atoms with Gasteiger partial charge in [-0.05, 0) is 41.8 Å². The number of nitrogen functional groups attached to an aromatic ring is 1. The molecule has 0 heterocycles. The molecule has 2 aromatic carbocycles. The molecule has 0 saturated carbocycles. The standard InChI is InChI=1S/C14H14FNO/c1-9-13(4-3-5-14(9)16)10-6-11(15)8-12(7-10)17-2/h3-8H,16H2,1-2H3. The first-order valence-corrected chi connectivity index (χ1v) is 5.32. The number of rotatable bonds is 2. The first kappa shape index (κ1) is 11.5. The van der Waals surface area contributed by atoms with E-state index in [9.17, 15) is 4.39 Å². The molecule has 2 aromatic rings. The maximum atomic E-state index is 13.4. The Morgan fingerprint density at radius 2 is 1.94 bits per heavy atom. The Balaban J connectivity index is 2.60. The van der Waals surface area contributed by atoms with E-state index in [0.717, 1.165) is 16.7 Å². The molecule has 2 N–H and O–H groups in total. The number of methoxy groups -OCH3 is 1. The lowest BCUT2D eigenvalue weighted by molar-refractivity contribution is 0.411. The minimum Gasteiger partial charge on any atom is -0.497 e. The Morgan fingerprint density at radius 1 is 1.18 bits per heavy atom. The largest absolute Gasteiger partial charge is 0.497 e. The fraction of sp³-hybridized carbons (Fsp3) is 0.143. The van der Waals surface area contributed by atoms with Crippen molar-refractivity contribution in [2.24, 2.45) is 0 Å². The highest BCUT2D eigenvalue weighted by Gasteiger charge is 2.07. The molecule has 0 aromatic heterocycles. The maximum Gasteiger partial charge on any atom is 0.127 e. The molecule has 0 saturated heterocycles. The van der Waals surface area contributed by atoms with E-state index >= 15 is 0 Å². The van der Waals surface area contributed by atoms with E-state index in [1.165, 1.54) is 19.2 Å². The van der Waals surface area contributed by atoms with E-state index in [2.05, 4.69) is 0 Å². The van der Waals surface area contributed by atoms with Crippen LogP contribution in [0.4, 0.5) is 10.1 Å². The molecule has 2 nitrogen and oxygen atoms in total. The molecule has 0 unspecified atom stereocenters. The van der Waals surface area contributed by atoms with Crippen LogP contribution in [0.5, 0.6) is 5.75 Å². The normalized spacial score (nSPS) is 10.3. The lowest BCUT2D eigenvalue weighted by Gasteiger charge is -2.10. The van der Waals surface area contributed by atoms with Crippen molar-refractivity contribution in [3.05, 3.63) is 47.8 Å². The zero-order valence-electron chi connectivity index (χ0n) is 9.83. The molecule has 0 aliphatic rings. The fourth-order valence-corrected chi connectivity index (χ4v) is 1.80. The molecule has 0 aliphatic carbocycles. The van der Waals surface area contributed by atoms with Crippen LogP contribution in [0.15, 0.2) is 36.4 Å². The van der Waals surface area contributed by atoms with E-state index < -0.39 is 0 Å². The number of anilines is 1. The molecule has 0 atom stereocenters. The summed E-state index contributed by atoms with van der Waals surface area (Å²) >= 11 is 0. The Morgan fingerprint density at radius 3 is 2.65 bits per heavy atom. The summed E-state index contributed by atoms with van der Waals surface area (Å²) in [4.78, 5) is 0. The van der Waals surface area contributed by atoms with Gasteiger partial charge in [0.2, 0.25) is 0 Å². The molecule has 17 heavy (non-hydrogen) atoms. The summed E-state index contributed by atoms with van der Waals surface area (Å²) in [6, 6.07) is 10.2. The number of hydrogen-bond acceptors (Lipinski definition) is 2. The molecule has 2 rings (SSSR count). The molecule has 3 heteroatoms. The molecule has 0 spiro atoms. The predicted octanol–water partition coefficient (Wildman–Crippen LogP) is 3.39. The summed E-state index contributed by atoms with van der Waals surface area (Å²) in [6.07, 6.45) is 0. The third kappa shape index (κ3) is 2.23. The number of nitrogens with two attached hydrogens (primary N) is 1. The van der Waals surface area contributed by atoms with Crippen LogP contribution >= 0.6 is 0 Å². The van der Waals surface area contributed by atoms with Gasteiger partial charge in [0.25, 0.3) is 0 Å². The Labute approximate surface area is 99.8 Å². The van der Waals surface area contributed by atoms with Crippen molar-refractivity contribution in [2.75, 3.05) is 12.8 Å². The molecule has 0 amide bonds. The van der Waals surface area contributed by atoms with Crippen molar-refractivity contribution in [3.63, 3.8) is 0 Å². The minimum absolute atomic E-state index is 0.318. The van der Waals surface area contributed by atoms with Gasteiger partial charge in [0.15, 0.2) is 0 Å². The summed E-state index contributed by atoms with van der Waals surface area (Å²) < 4.78 is 18.5. The maximum absolute atomic E-state index is 13.4. The van der Waals surface area contributed by atoms with Crippen LogP contribution in [-0.4, -0.2) is 7.11 Å². The highest BCUT2D eigenvalue weighted by molar-refractivity contribution is 5.73. The second kappa shape index (κ2) is 4.45. The van der Waals surface area contributed by atoms with Crippen LogP contribution in [0.2, 0.25) is 0 Å². The van der Waals surface area contributed by atoms with E-state index in [1.807, 2.05) is 25.1 Å². The van der Waals surface area contributed by atoms with E-state index in [1.54, 1.807) is 6.07 Å². The lowest BCUT2D eigenvalue weighted by Crippen LogP contribution is -1.93. The van der Waals surface area contributed by atoms with Crippen LogP contribution in [0.3, 0.4) is 0 Å².